The number of benzene rings is 2. The maximum Gasteiger partial charge on any atom is 0.471 e. The molecular weight excluding hydrogens is 481 g/mol. The van der Waals surface area contributed by atoms with Gasteiger partial charge in [-0.25, -0.2) is 0 Å². The van der Waals surface area contributed by atoms with Gasteiger partial charge in [-0.3, -0.25) is 14.5 Å². The van der Waals surface area contributed by atoms with Crippen LogP contribution in [0.2, 0.25) is 0 Å². The summed E-state index contributed by atoms with van der Waals surface area (Å²) in [6.45, 7) is 2.98. The molecule has 3 heterocycles. The molecule has 2 aromatic rings. The van der Waals surface area contributed by atoms with Gasteiger partial charge in [-0.15, -0.1) is 0 Å². The predicted octanol–water partition coefficient (Wildman–Crippen LogP) is 4.48. The van der Waals surface area contributed by atoms with Crippen LogP contribution in [0.15, 0.2) is 42.5 Å². The molecule has 1 aliphatic carbocycles. The average Bonchev–Trinajstić information content (AvgIpc) is 3.18. The van der Waals surface area contributed by atoms with E-state index in [4.69, 9.17) is 0 Å². The van der Waals surface area contributed by atoms with Gasteiger partial charge in [0.2, 0.25) is 5.91 Å². The van der Waals surface area contributed by atoms with Crippen LogP contribution in [0.4, 0.5) is 30.2 Å². The molecule has 1 fully saturated rings. The van der Waals surface area contributed by atoms with Gasteiger partial charge in [0.15, 0.2) is 0 Å². The molecule has 3 aliphatic heterocycles. The first-order valence-corrected chi connectivity index (χ1v) is 13.2. The van der Waals surface area contributed by atoms with Crippen LogP contribution >= 0.6 is 0 Å². The standard InChI is InChI=1S/C28H31F3N4O2/c29-28(30,31)26(37)35-18-20-17-33(15-16-34(20)22-10-1-2-11-23(22)35)14-4-3-12-27-13-6-8-19-7-5-9-21(24(19)27)32-25(27)36/h1-2,5,7,9-11,20H,3-4,6,8,12-18H2,(H,32,36). The molecule has 6 nitrogen and oxygen atoms in total. The number of halogens is 3. The number of amides is 2. The van der Waals surface area contributed by atoms with Gasteiger partial charge in [-0.1, -0.05) is 30.7 Å². The van der Waals surface area contributed by atoms with Crippen LogP contribution in [0.3, 0.4) is 0 Å². The highest BCUT2D eigenvalue weighted by atomic mass is 19.4. The smallest absolute Gasteiger partial charge is 0.362 e. The summed E-state index contributed by atoms with van der Waals surface area (Å²) in [7, 11) is 0. The lowest BCUT2D eigenvalue weighted by Gasteiger charge is -2.49. The number of aryl methyl sites for hydroxylation is 1. The first-order valence-electron chi connectivity index (χ1n) is 13.2. The van der Waals surface area contributed by atoms with Crippen molar-refractivity contribution in [1.82, 2.24) is 4.90 Å². The molecule has 2 unspecified atom stereocenters. The van der Waals surface area contributed by atoms with Crippen molar-refractivity contribution in [1.29, 1.82) is 0 Å². The summed E-state index contributed by atoms with van der Waals surface area (Å²) in [5.74, 6) is -1.68. The Morgan fingerprint density at radius 1 is 1.03 bits per heavy atom. The van der Waals surface area contributed by atoms with E-state index in [-0.39, 0.29) is 18.5 Å². The molecule has 0 spiro atoms. The Hall–Kier alpha value is -3.07. The molecule has 37 heavy (non-hydrogen) atoms. The Bertz CT molecular complexity index is 1230. The van der Waals surface area contributed by atoms with E-state index in [0.717, 1.165) is 62.2 Å². The van der Waals surface area contributed by atoms with Gasteiger partial charge < -0.3 is 15.1 Å². The maximum absolute atomic E-state index is 13.3. The summed E-state index contributed by atoms with van der Waals surface area (Å²) in [6, 6.07) is 12.8. The minimum Gasteiger partial charge on any atom is -0.362 e. The highest BCUT2D eigenvalue weighted by molar-refractivity contribution is 6.07. The Labute approximate surface area is 214 Å². The first-order chi connectivity index (χ1) is 17.8. The monoisotopic (exact) mass is 512 g/mol. The molecule has 1 N–H and O–H groups in total. The number of nitrogens with one attached hydrogen (secondary N) is 1. The summed E-state index contributed by atoms with van der Waals surface area (Å²) in [4.78, 5) is 30.6. The minimum absolute atomic E-state index is 0.0225. The van der Waals surface area contributed by atoms with E-state index in [0.29, 0.717) is 24.5 Å². The molecule has 0 saturated carbocycles. The fourth-order valence-electron chi connectivity index (χ4n) is 6.96. The van der Waals surface area contributed by atoms with E-state index in [1.165, 1.54) is 11.1 Å². The number of hydrogen-bond acceptors (Lipinski definition) is 4. The average molecular weight is 513 g/mol. The van der Waals surface area contributed by atoms with Gasteiger partial charge in [0.25, 0.3) is 0 Å². The second kappa shape index (κ2) is 9.04. The zero-order valence-corrected chi connectivity index (χ0v) is 20.7. The number of unbranched alkanes of at least 4 members (excludes halogenated alkanes) is 1. The summed E-state index contributed by atoms with van der Waals surface area (Å²) in [5, 5.41) is 3.11. The third-order valence-electron chi connectivity index (χ3n) is 8.62. The lowest BCUT2D eigenvalue weighted by molar-refractivity contribution is -0.170. The second-order valence-corrected chi connectivity index (χ2v) is 10.7. The van der Waals surface area contributed by atoms with Crippen LogP contribution in [0.5, 0.6) is 0 Å². The lowest BCUT2D eigenvalue weighted by Crippen LogP contribution is -2.61. The van der Waals surface area contributed by atoms with Crippen LogP contribution in [0.1, 0.15) is 43.2 Å². The molecule has 1 saturated heterocycles. The van der Waals surface area contributed by atoms with Crippen molar-refractivity contribution in [3.63, 3.8) is 0 Å². The fourth-order valence-corrected chi connectivity index (χ4v) is 6.96. The molecule has 0 bridgehead atoms. The molecule has 4 aliphatic rings. The number of carbonyl (C=O) groups is 2. The van der Waals surface area contributed by atoms with Crippen LogP contribution in [-0.2, 0) is 21.4 Å². The Kier molecular flexibility index (Phi) is 5.93. The van der Waals surface area contributed by atoms with Crippen molar-refractivity contribution >= 4 is 28.9 Å². The number of piperazine rings is 1. The molecule has 196 valence electrons. The van der Waals surface area contributed by atoms with E-state index in [1.54, 1.807) is 24.3 Å². The quantitative estimate of drug-likeness (QED) is 0.601. The highest BCUT2D eigenvalue weighted by Crippen LogP contribution is 2.49. The summed E-state index contributed by atoms with van der Waals surface area (Å²) in [5.41, 5.74) is 4.05. The molecule has 2 amide bonds. The number of nitrogens with zero attached hydrogens (tertiary/aromatic N) is 3. The van der Waals surface area contributed by atoms with E-state index in [1.807, 2.05) is 12.1 Å². The number of hydrogen-bond donors (Lipinski definition) is 1. The van der Waals surface area contributed by atoms with Crippen molar-refractivity contribution < 1.29 is 22.8 Å². The largest absolute Gasteiger partial charge is 0.471 e. The summed E-state index contributed by atoms with van der Waals surface area (Å²) in [6.07, 6.45) is 0.645. The van der Waals surface area contributed by atoms with Crippen molar-refractivity contribution in [2.24, 2.45) is 0 Å². The van der Waals surface area contributed by atoms with Crippen LogP contribution in [0.25, 0.3) is 0 Å². The molecule has 2 atom stereocenters. The Morgan fingerprint density at radius 2 is 1.84 bits per heavy atom. The lowest BCUT2D eigenvalue weighted by atomic mass is 9.68. The number of carbonyl (C=O) groups excluding carboxylic acids is 2. The van der Waals surface area contributed by atoms with Gasteiger partial charge in [0, 0.05) is 31.9 Å². The summed E-state index contributed by atoms with van der Waals surface area (Å²) < 4.78 is 40.0. The fraction of sp³-hybridized carbons (Fsp3) is 0.500. The number of para-hydroxylation sites is 2. The van der Waals surface area contributed by atoms with Gasteiger partial charge in [0.05, 0.1) is 22.8 Å². The Morgan fingerprint density at radius 3 is 2.65 bits per heavy atom. The third-order valence-corrected chi connectivity index (χ3v) is 8.62. The minimum atomic E-state index is -4.91. The number of alkyl halides is 3. The highest BCUT2D eigenvalue weighted by Gasteiger charge is 2.49. The molecular formula is C28H31F3N4O2. The molecule has 6 rings (SSSR count). The topological polar surface area (TPSA) is 55.9 Å². The van der Waals surface area contributed by atoms with E-state index >= 15 is 0 Å². The van der Waals surface area contributed by atoms with Crippen molar-refractivity contribution in [3.8, 4) is 0 Å². The van der Waals surface area contributed by atoms with Gasteiger partial charge in [-0.2, -0.15) is 13.2 Å². The van der Waals surface area contributed by atoms with Gasteiger partial charge >= 0.3 is 12.1 Å². The van der Waals surface area contributed by atoms with Crippen molar-refractivity contribution in [2.75, 3.05) is 47.8 Å². The zero-order valence-electron chi connectivity index (χ0n) is 20.7. The summed E-state index contributed by atoms with van der Waals surface area (Å²) >= 11 is 0. The van der Waals surface area contributed by atoms with Crippen LogP contribution in [0, 0.1) is 0 Å². The van der Waals surface area contributed by atoms with E-state index in [9.17, 15) is 22.8 Å². The predicted molar refractivity (Wildman–Crippen MR) is 136 cm³/mol. The van der Waals surface area contributed by atoms with Crippen molar-refractivity contribution in [3.05, 3.63) is 53.6 Å². The molecule has 0 aromatic heterocycles. The Balaban J connectivity index is 1.10. The van der Waals surface area contributed by atoms with Crippen molar-refractivity contribution in [2.45, 2.75) is 56.2 Å². The maximum atomic E-state index is 13.3. The molecule has 0 radical (unpaired) electrons. The zero-order chi connectivity index (χ0) is 25.8. The first kappa shape index (κ1) is 24.3. The third kappa shape index (κ3) is 4.07. The van der Waals surface area contributed by atoms with E-state index in [2.05, 4.69) is 21.2 Å². The SMILES string of the molecule is O=C(N1CC2CN(CCCCC34CCCc5cccc(c53)NC4=O)CCN2c2ccccc21)C(F)(F)F. The normalized spacial score (nSPS) is 24.8. The molecule has 2 aromatic carbocycles. The molecule has 9 heteroatoms. The number of fused-ring (bicyclic) bond motifs is 3. The van der Waals surface area contributed by atoms with Crippen LogP contribution in [-0.4, -0.2) is 61.7 Å². The van der Waals surface area contributed by atoms with Crippen LogP contribution < -0.4 is 15.1 Å². The van der Waals surface area contributed by atoms with Gasteiger partial charge in [0.1, 0.15) is 0 Å². The second-order valence-electron chi connectivity index (χ2n) is 10.7. The number of rotatable bonds is 5. The van der Waals surface area contributed by atoms with E-state index < -0.39 is 17.5 Å². The number of anilines is 3. The van der Waals surface area contributed by atoms with Gasteiger partial charge in [-0.05, 0) is 68.0 Å².